The lowest BCUT2D eigenvalue weighted by Gasteiger charge is -2.05. The van der Waals surface area contributed by atoms with Crippen molar-refractivity contribution in [3.8, 4) is 0 Å². The third-order valence-electron chi connectivity index (χ3n) is 2.37. The van der Waals surface area contributed by atoms with E-state index in [-0.39, 0.29) is 5.91 Å². The van der Waals surface area contributed by atoms with Crippen LogP contribution in [0.1, 0.15) is 11.5 Å². The maximum absolute atomic E-state index is 11.7. The van der Waals surface area contributed by atoms with Crippen molar-refractivity contribution in [3.05, 3.63) is 58.0 Å². The van der Waals surface area contributed by atoms with Crippen LogP contribution in [-0.2, 0) is 4.79 Å². The van der Waals surface area contributed by atoms with Crippen LogP contribution in [0.5, 0.6) is 0 Å². The molecule has 1 heterocycles. The molecule has 2 aromatic rings. The van der Waals surface area contributed by atoms with Gasteiger partial charge in [0.25, 0.3) is 0 Å². The molecular formula is C14H11Cl2NO2. The second kappa shape index (κ2) is 5.95. The molecule has 98 valence electrons. The summed E-state index contributed by atoms with van der Waals surface area (Å²) in [5.74, 6) is 1.10. The standard InChI is InChI=1S/C14H11Cl2NO2/c1-9-5-6-10(19-9)7-8-13(18)17-12-4-2-3-11(15)14(12)16/h2-8H,1H3,(H,17,18)/b8-7+. The van der Waals surface area contributed by atoms with Gasteiger partial charge in [0, 0.05) is 6.08 Å². The Labute approximate surface area is 120 Å². The summed E-state index contributed by atoms with van der Waals surface area (Å²) < 4.78 is 5.31. The van der Waals surface area contributed by atoms with Crippen molar-refractivity contribution in [2.75, 3.05) is 5.32 Å². The summed E-state index contributed by atoms with van der Waals surface area (Å²) in [7, 11) is 0. The Morgan fingerprint density at radius 1 is 1.26 bits per heavy atom. The van der Waals surface area contributed by atoms with Crippen molar-refractivity contribution < 1.29 is 9.21 Å². The van der Waals surface area contributed by atoms with E-state index in [1.54, 1.807) is 30.3 Å². The van der Waals surface area contributed by atoms with Gasteiger partial charge in [0.2, 0.25) is 5.91 Å². The van der Waals surface area contributed by atoms with Crippen LogP contribution in [0.25, 0.3) is 6.08 Å². The molecule has 1 aromatic heterocycles. The van der Waals surface area contributed by atoms with E-state index in [0.29, 0.717) is 21.5 Å². The maximum atomic E-state index is 11.7. The zero-order valence-corrected chi connectivity index (χ0v) is 11.6. The molecule has 5 heteroatoms. The van der Waals surface area contributed by atoms with Crippen LogP contribution in [0.4, 0.5) is 5.69 Å². The fourth-order valence-corrected chi connectivity index (χ4v) is 1.82. The number of nitrogens with one attached hydrogen (secondary N) is 1. The molecule has 1 N–H and O–H groups in total. The van der Waals surface area contributed by atoms with E-state index in [1.165, 1.54) is 6.08 Å². The monoisotopic (exact) mass is 295 g/mol. The van der Waals surface area contributed by atoms with Gasteiger partial charge in [-0.15, -0.1) is 0 Å². The summed E-state index contributed by atoms with van der Waals surface area (Å²) >= 11 is 11.8. The highest BCUT2D eigenvalue weighted by molar-refractivity contribution is 6.44. The predicted molar refractivity (Wildman–Crippen MR) is 77.6 cm³/mol. The molecule has 0 aliphatic rings. The molecule has 1 aromatic carbocycles. The van der Waals surface area contributed by atoms with Crippen molar-refractivity contribution in [1.29, 1.82) is 0 Å². The SMILES string of the molecule is Cc1ccc(/C=C/C(=O)Nc2cccc(Cl)c2Cl)o1. The van der Waals surface area contributed by atoms with Crippen LogP contribution in [-0.4, -0.2) is 5.91 Å². The summed E-state index contributed by atoms with van der Waals surface area (Å²) in [6, 6.07) is 8.65. The molecule has 3 nitrogen and oxygen atoms in total. The minimum atomic E-state index is -0.307. The van der Waals surface area contributed by atoms with Crippen LogP contribution in [0.15, 0.2) is 40.8 Å². The van der Waals surface area contributed by atoms with Gasteiger partial charge in [-0.2, -0.15) is 0 Å². The van der Waals surface area contributed by atoms with Crippen LogP contribution in [0, 0.1) is 6.92 Å². The minimum absolute atomic E-state index is 0.307. The second-order valence-corrected chi connectivity index (χ2v) is 4.66. The molecule has 0 bridgehead atoms. The quantitative estimate of drug-likeness (QED) is 0.844. The van der Waals surface area contributed by atoms with Gasteiger partial charge < -0.3 is 9.73 Å². The van der Waals surface area contributed by atoms with E-state index in [9.17, 15) is 4.79 Å². The number of rotatable bonds is 3. The van der Waals surface area contributed by atoms with Crippen LogP contribution in [0.2, 0.25) is 10.0 Å². The zero-order valence-electron chi connectivity index (χ0n) is 10.1. The zero-order chi connectivity index (χ0) is 13.8. The first-order chi connectivity index (χ1) is 9.06. The molecule has 1 amide bonds. The van der Waals surface area contributed by atoms with Crippen molar-refractivity contribution in [2.24, 2.45) is 0 Å². The van der Waals surface area contributed by atoms with Crippen LogP contribution >= 0.6 is 23.2 Å². The normalized spacial score (nSPS) is 10.9. The van der Waals surface area contributed by atoms with Crippen molar-refractivity contribution in [2.45, 2.75) is 6.92 Å². The first-order valence-corrected chi connectivity index (χ1v) is 6.31. The second-order valence-electron chi connectivity index (χ2n) is 3.87. The average molecular weight is 296 g/mol. The number of furan rings is 1. The molecule has 0 unspecified atom stereocenters. The summed E-state index contributed by atoms with van der Waals surface area (Å²) in [5.41, 5.74) is 0.472. The van der Waals surface area contributed by atoms with Gasteiger partial charge in [-0.1, -0.05) is 29.3 Å². The summed E-state index contributed by atoms with van der Waals surface area (Å²) in [5, 5.41) is 3.36. The van der Waals surface area contributed by atoms with E-state index in [2.05, 4.69) is 5.32 Å². The number of halogens is 2. The van der Waals surface area contributed by atoms with E-state index in [0.717, 1.165) is 5.76 Å². The van der Waals surface area contributed by atoms with Crippen molar-refractivity contribution in [3.63, 3.8) is 0 Å². The molecule has 0 fully saturated rings. The Bertz CT molecular complexity index is 632. The largest absolute Gasteiger partial charge is 0.462 e. The van der Waals surface area contributed by atoms with E-state index < -0.39 is 0 Å². The highest BCUT2D eigenvalue weighted by Crippen LogP contribution is 2.29. The molecule has 0 aliphatic heterocycles. The maximum Gasteiger partial charge on any atom is 0.248 e. The number of amides is 1. The van der Waals surface area contributed by atoms with Gasteiger partial charge in [0.15, 0.2) is 0 Å². The average Bonchev–Trinajstić information content (AvgIpc) is 2.78. The van der Waals surface area contributed by atoms with E-state index in [1.807, 2.05) is 13.0 Å². The Morgan fingerprint density at radius 2 is 2.05 bits per heavy atom. The van der Waals surface area contributed by atoms with Gasteiger partial charge in [0.1, 0.15) is 11.5 Å². The molecule has 0 atom stereocenters. The smallest absolute Gasteiger partial charge is 0.248 e. The molecule has 0 saturated carbocycles. The van der Waals surface area contributed by atoms with Crippen LogP contribution in [0.3, 0.4) is 0 Å². The highest BCUT2D eigenvalue weighted by Gasteiger charge is 2.06. The minimum Gasteiger partial charge on any atom is -0.462 e. The Morgan fingerprint density at radius 3 is 2.74 bits per heavy atom. The van der Waals surface area contributed by atoms with Crippen molar-refractivity contribution in [1.82, 2.24) is 0 Å². The fourth-order valence-electron chi connectivity index (χ4n) is 1.48. The number of aryl methyl sites for hydroxylation is 1. The van der Waals surface area contributed by atoms with E-state index >= 15 is 0 Å². The summed E-state index contributed by atoms with van der Waals surface area (Å²) in [6.07, 6.45) is 2.95. The third-order valence-corrected chi connectivity index (χ3v) is 3.19. The number of carbonyl (C=O) groups is 1. The predicted octanol–water partition coefficient (Wildman–Crippen LogP) is 4.55. The number of benzene rings is 1. The van der Waals surface area contributed by atoms with Gasteiger partial charge in [-0.3, -0.25) is 4.79 Å². The lowest BCUT2D eigenvalue weighted by Crippen LogP contribution is -2.08. The lowest BCUT2D eigenvalue weighted by molar-refractivity contribution is -0.111. The van der Waals surface area contributed by atoms with Crippen LogP contribution < -0.4 is 5.32 Å². The lowest BCUT2D eigenvalue weighted by atomic mass is 10.3. The molecule has 0 saturated heterocycles. The number of hydrogen-bond acceptors (Lipinski definition) is 2. The fraction of sp³-hybridized carbons (Fsp3) is 0.0714. The van der Waals surface area contributed by atoms with Gasteiger partial charge in [0.05, 0.1) is 15.7 Å². The molecule has 0 spiro atoms. The molecule has 0 aliphatic carbocycles. The summed E-state index contributed by atoms with van der Waals surface area (Å²) in [6.45, 7) is 1.84. The Kier molecular flexibility index (Phi) is 4.30. The Balaban J connectivity index is 2.05. The van der Waals surface area contributed by atoms with Crippen molar-refractivity contribution >= 4 is 40.9 Å². The first kappa shape index (κ1) is 13.7. The van der Waals surface area contributed by atoms with Gasteiger partial charge in [-0.25, -0.2) is 0 Å². The number of hydrogen-bond donors (Lipinski definition) is 1. The number of carbonyl (C=O) groups excluding carboxylic acids is 1. The number of anilines is 1. The van der Waals surface area contributed by atoms with Gasteiger partial charge in [-0.05, 0) is 37.3 Å². The molecule has 2 rings (SSSR count). The first-order valence-electron chi connectivity index (χ1n) is 5.56. The summed E-state index contributed by atoms with van der Waals surface area (Å²) in [4.78, 5) is 11.7. The molecule has 19 heavy (non-hydrogen) atoms. The topological polar surface area (TPSA) is 42.2 Å². The highest BCUT2D eigenvalue weighted by atomic mass is 35.5. The molecular weight excluding hydrogens is 285 g/mol. The Hall–Kier alpha value is -1.71. The van der Waals surface area contributed by atoms with E-state index in [4.69, 9.17) is 27.6 Å². The third kappa shape index (κ3) is 3.63. The van der Waals surface area contributed by atoms with Gasteiger partial charge >= 0.3 is 0 Å². The molecule has 0 radical (unpaired) electrons.